The molecule has 0 aliphatic carbocycles. The molecule has 17 heavy (non-hydrogen) atoms. The lowest BCUT2D eigenvalue weighted by Crippen LogP contribution is -2.55. The van der Waals surface area contributed by atoms with Gasteiger partial charge in [-0.3, -0.25) is 0 Å². The lowest BCUT2D eigenvalue weighted by atomic mass is 10.1. The molecule has 0 amide bonds. The third kappa shape index (κ3) is 3.12. The molecule has 1 fully saturated rings. The summed E-state index contributed by atoms with van der Waals surface area (Å²) >= 11 is 5.90. The van der Waals surface area contributed by atoms with E-state index in [1.54, 1.807) is 0 Å². The average molecular weight is 255 g/mol. The van der Waals surface area contributed by atoms with E-state index in [1.165, 1.54) is 5.69 Å². The van der Waals surface area contributed by atoms with E-state index in [0.717, 1.165) is 24.5 Å². The zero-order chi connectivity index (χ0) is 12.3. The van der Waals surface area contributed by atoms with E-state index in [9.17, 15) is 0 Å². The largest absolute Gasteiger partial charge is 0.396 e. The third-order valence-electron chi connectivity index (χ3n) is 3.29. The van der Waals surface area contributed by atoms with Gasteiger partial charge in [0, 0.05) is 42.5 Å². The van der Waals surface area contributed by atoms with Crippen LogP contribution in [0.2, 0.25) is 5.02 Å². The predicted molar refractivity (Wildman–Crippen MR) is 71.8 cm³/mol. The van der Waals surface area contributed by atoms with Gasteiger partial charge in [0.1, 0.15) is 0 Å². The van der Waals surface area contributed by atoms with Crippen LogP contribution in [0.5, 0.6) is 0 Å². The molecule has 4 heteroatoms. The molecule has 0 radical (unpaired) electrons. The molecular formula is C13H19ClN2O. The Morgan fingerprint density at radius 1 is 1.41 bits per heavy atom. The standard InChI is InChI=1S/C13H19ClN2O/c1-10-8-15-12(6-7-17)9-16(10)13-4-2-11(14)3-5-13/h2-5,10,12,15,17H,6-9H2,1H3. The third-order valence-corrected chi connectivity index (χ3v) is 3.54. The van der Waals surface area contributed by atoms with Gasteiger partial charge in [-0.05, 0) is 37.6 Å². The first-order chi connectivity index (χ1) is 8.20. The lowest BCUT2D eigenvalue weighted by Gasteiger charge is -2.40. The number of hydrogen-bond acceptors (Lipinski definition) is 3. The van der Waals surface area contributed by atoms with E-state index < -0.39 is 0 Å². The molecule has 1 aliphatic heterocycles. The topological polar surface area (TPSA) is 35.5 Å². The minimum absolute atomic E-state index is 0.237. The molecule has 3 nitrogen and oxygen atoms in total. The maximum atomic E-state index is 9.00. The summed E-state index contributed by atoms with van der Waals surface area (Å²) in [4.78, 5) is 2.37. The summed E-state index contributed by atoms with van der Waals surface area (Å²) in [5.74, 6) is 0. The number of benzene rings is 1. The number of nitrogens with zero attached hydrogens (tertiary/aromatic N) is 1. The first kappa shape index (κ1) is 12.7. The lowest BCUT2D eigenvalue weighted by molar-refractivity contribution is 0.255. The number of aliphatic hydroxyl groups is 1. The van der Waals surface area contributed by atoms with E-state index in [-0.39, 0.29) is 6.61 Å². The van der Waals surface area contributed by atoms with Gasteiger partial charge in [-0.1, -0.05) is 11.6 Å². The smallest absolute Gasteiger partial charge is 0.0446 e. The second-order valence-electron chi connectivity index (χ2n) is 4.60. The fourth-order valence-electron chi connectivity index (χ4n) is 2.27. The van der Waals surface area contributed by atoms with Crippen LogP contribution >= 0.6 is 11.6 Å². The van der Waals surface area contributed by atoms with E-state index >= 15 is 0 Å². The molecule has 2 rings (SSSR count). The Hall–Kier alpha value is -0.770. The van der Waals surface area contributed by atoms with Gasteiger partial charge in [-0.15, -0.1) is 0 Å². The number of nitrogens with one attached hydrogen (secondary N) is 1. The van der Waals surface area contributed by atoms with Crippen LogP contribution in [0.25, 0.3) is 0 Å². The number of rotatable bonds is 3. The molecule has 0 spiro atoms. The zero-order valence-electron chi connectivity index (χ0n) is 10.1. The van der Waals surface area contributed by atoms with Crippen molar-refractivity contribution >= 4 is 17.3 Å². The van der Waals surface area contributed by atoms with Crippen molar-refractivity contribution in [1.82, 2.24) is 5.32 Å². The fraction of sp³-hybridized carbons (Fsp3) is 0.538. The van der Waals surface area contributed by atoms with Crippen molar-refractivity contribution in [3.63, 3.8) is 0 Å². The minimum atomic E-state index is 0.237. The summed E-state index contributed by atoms with van der Waals surface area (Å²) in [7, 11) is 0. The molecule has 0 saturated carbocycles. The Morgan fingerprint density at radius 3 is 2.76 bits per heavy atom. The summed E-state index contributed by atoms with van der Waals surface area (Å²) < 4.78 is 0. The average Bonchev–Trinajstić information content (AvgIpc) is 2.33. The van der Waals surface area contributed by atoms with Crippen molar-refractivity contribution in [2.45, 2.75) is 25.4 Å². The van der Waals surface area contributed by atoms with Crippen molar-refractivity contribution in [1.29, 1.82) is 0 Å². The second kappa shape index (κ2) is 5.71. The molecule has 2 atom stereocenters. The number of halogens is 1. The Morgan fingerprint density at radius 2 is 2.12 bits per heavy atom. The highest BCUT2D eigenvalue weighted by atomic mass is 35.5. The van der Waals surface area contributed by atoms with Gasteiger partial charge >= 0.3 is 0 Å². The van der Waals surface area contributed by atoms with Gasteiger partial charge in [-0.2, -0.15) is 0 Å². The van der Waals surface area contributed by atoms with Crippen LogP contribution in [0, 0.1) is 0 Å². The molecule has 0 bridgehead atoms. The maximum absolute atomic E-state index is 9.00. The fourth-order valence-corrected chi connectivity index (χ4v) is 2.40. The molecule has 2 N–H and O–H groups in total. The summed E-state index contributed by atoms with van der Waals surface area (Å²) in [6, 6.07) is 8.79. The molecule has 1 aliphatic rings. The summed E-state index contributed by atoms with van der Waals surface area (Å²) in [6.07, 6.45) is 0.802. The van der Waals surface area contributed by atoms with Gasteiger partial charge in [0.2, 0.25) is 0 Å². The molecule has 94 valence electrons. The summed E-state index contributed by atoms with van der Waals surface area (Å²) in [5.41, 5.74) is 1.20. The van der Waals surface area contributed by atoms with E-state index in [4.69, 9.17) is 16.7 Å². The van der Waals surface area contributed by atoms with E-state index in [0.29, 0.717) is 12.1 Å². The predicted octanol–water partition coefficient (Wildman–Crippen LogP) is 1.89. The normalized spacial score (nSPS) is 25.0. The van der Waals surface area contributed by atoms with Gasteiger partial charge in [0.25, 0.3) is 0 Å². The minimum Gasteiger partial charge on any atom is -0.396 e. The van der Waals surface area contributed by atoms with Crippen LogP contribution in [0.3, 0.4) is 0 Å². The molecule has 0 aromatic heterocycles. The van der Waals surface area contributed by atoms with Crippen molar-refractivity contribution in [3.05, 3.63) is 29.3 Å². The van der Waals surface area contributed by atoms with Crippen molar-refractivity contribution in [3.8, 4) is 0 Å². The molecule has 1 aromatic rings. The molecule has 2 unspecified atom stereocenters. The number of anilines is 1. The summed E-state index contributed by atoms with van der Waals surface area (Å²) in [6.45, 7) is 4.33. The van der Waals surface area contributed by atoms with Crippen LogP contribution in [0.4, 0.5) is 5.69 Å². The molecule has 1 heterocycles. The van der Waals surface area contributed by atoms with Crippen LogP contribution in [0.1, 0.15) is 13.3 Å². The molecule has 1 aromatic carbocycles. The highest BCUT2D eigenvalue weighted by Crippen LogP contribution is 2.22. The molecule has 1 saturated heterocycles. The maximum Gasteiger partial charge on any atom is 0.0446 e. The van der Waals surface area contributed by atoms with E-state index in [2.05, 4.69) is 29.3 Å². The van der Waals surface area contributed by atoms with Crippen LogP contribution < -0.4 is 10.2 Å². The quantitative estimate of drug-likeness (QED) is 0.865. The first-order valence-corrected chi connectivity index (χ1v) is 6.45. The van der Waals surface area contributed by atoms with Crippen LogP contribution in [-0.2, 0) is 0 Å². The SMILES string of the molecule is CC1CNC(CCO)CN1c1ccc(Cl)cc1. The molecular weight excluding hydrogens is 236 g/mol. The van der Waals surface area contributed by atoms with Gasteiger partial charge in [0.05, 0.1) is 0 Å². The number of hydrogen-bond donors (Lipinski definition) is 2. The highest BCUT2D eigenvalue weighted by Gasteiger charge is 2.24. The number of piperazine rings is 1. The monoisotopic (exact) mass is 254 g/mol. The Labute approximate surface area is 107 Å². The van der Waals surface area contributed by atoms with Crippen LogP contribution in [0.15, 0.2) is 24.3 Å². The summed E-state index contributed by atoms with van der Waals surface area (Å²) in [5, 5.41) is 13.2. The highest BCUT2D eigenvalue weighted by molar-refractivity contribution is 6.30. The van der Waals surface area contributed by atoms with Crippen molar-refractivity contribution in [2.24, 2.45) is 0 Å². The second-order valence-corrected chi connectivity index (χ2v) is 5.03. The Balaban J connectivity index is 2.09. The Bertz CT molecular complexity index is 355. The van der Waals surface area contributed by atoms with Gasteiger partial charge in [0.15, 0.2) is 0 Å². The zero-order valence-corrected chi connectivity index (χ0v) is 10.8. The number of aliphatic hydroxyl groups excluding tert-OH is 1. The van der Waals surface area contributed by atoms with Crippen molar-refractivity contribution < 1.29 is 5.11 Å². The Kier molecular flexibility index (Phi) is 4.26. The van der Waals surface area contributed by atoms with E-state index in [1.807, 2.05) is 12.1 Å². The van der Waals surface area contributed by atoms with Crippen molar-refractivity contribution in [2.75, 3.05) is 24.6 Å². The van der Waals surface area contributed by atoms with Gasteiger partial charge in [-0.25, -0.2) is 0 Å². The first-order valence-electron chi connectivity index (χ1n) is 6.07. The van der Waals surface area contributed by atoms with Crippen LogP contribution in [-0.4, -0.2) is 36.9 Å². The van der Waals surface area contributed by atoms with Gasteiger partial charge < -0.3 is 15.3 Å².